The molecule has 1 aliphatic rings. The molecule has 2 amide bonds. The fourth-order valence-corrected chi connectivity index (χ4v) is 3.53. The summed E-state index contributed by atoms with van der Waals surface area (Å²) < 4.78 is 14.8. The van der Waals surface area contributed by atoms with Crippen molar-refractivity contribution in [2.75, 3.05) is 10.6 Å². The van der Waals surface area contributed by atoms with Gasteiger partial charge in [-0.05, 0) is 43.7 Å². The van der Waals surface area contributed by atoms with Crippen LogP contribution in [0.4, 0.5) is 15.9 Å². The molecule has 0 saturated carbocycles. The molecule has 4 N–H and O–H groups in total. The minimum atomic E-state index is -0.720. The van der Waals surface area contributed by atoms with Crippen molar-refractivity contribution in [1.29, 1.82) is 10.8 Å². The van der Waals surface area contributed by atoms with E-state index in [1.165, 1.54) is 23.1 Å². The zero-order chi connectivity index (χ0) is 22.9. The Kier molecular flexibility index (Phi) is 5.88. The normalized spacial score (nSPS) is 14.5. The summed E-state index contributed by atoms with van der Waals surface area (Å²) in [5.74, 6) is -1.46. The van der Waals surface area contributed by atoms with E-state index in [1.54, 1.807) is 12.1 Å². The van der Waals surface area contributed by atoms with Crippen LogP contribution < -0.4 is 10.6 Å². The number of hydrogen-bond donors (Lipinski definition) is 4. The molecule has 0 fully saturated rings. The number of carbonyl (C=O) groups is 2. The fourth-order valence-electron chi connectivity index (χ4n) is 3.53. The second-order valence-corrected chi connectivity index (χ2v) is 8.33. The van der Waals surface area contributed by atoms with E-state index in [1.807, 2.05) is 27.7 Å². The van der Waals surface area contributed by atoms with Gasteiger partial charge in [-0.1, -0.05) is 19.9 Å². The zero-order valence-electron chi connectivity index (χ0n) is 17.8. The van der Waals surface area contributed by atoms with E-state index in [0.717, 1.165) is 6.34 Å². The van der Waals surface area contributed by atoms with E-state index in [2.05, 4.69) is 15.6 Å². The van der Waals surface area contributed by atoms with Crippen molar-refractivity contribution in [3.05, 3.63) is 53.0 Å². The van der Waals surface area contributed by atoms with E-state index >= 15 is 0 Å². The summed E-state index contributed by atoms with van der Waals surface area (Å²) in [6, 6.07) is 7.23. The molecule has 162 valence electrons. The first kappa shape index (κ1) is 22.1. The summed E-state index contributed by atoms with van der Waals surface area (Å²) in [5, 5.41) is 21.0. The molecule has 8 nitrogen and oxygen atoms in total. The summed E-state index contributed by atoms with van der Waals surface area (Å²) in [6.07, 6.45) is 1.27. The molecule has 0 unspecified atom stereocenters. The quantitative estimate of drug-likeness (QED) is 0.431. The van der Waals surface area contributed by atoms with Gasteiger partial charge in [0.15, 0.2) is 5.84 Å². The Balaban J connectivity index is 1.88. The standard InChI is InChI=1S/C22H25FN6O2/c1-12(2)29(11-24)20(25)16-6-5-7-18(26-16)28-21(31)13-8-17-14(9-15(13)23)22(3,4)10-19(30)27-17/h5-9,11-12,24-25H,10H2,1-4H3,(H,27,30)(H,26,28,31). The lowest BCUT2D eigenvalue weighted by Crippen LogP contribution is -2.36. The van der Waals surface area contributed by atoms with Gasteiger partial charge < -0.3 is 15.5 Å². The van der Waals surface area contributed by atoms with Crippen molar-refractivity contribution < 1.29 is 14.0 Å². The van der Waals surface area contributed by atoms with Gasteiger partial charge in [-0.25, -0.2) is 9.37 Å². The minimum Gasteiger partial charge on any atom is -0.326 e. The number of aromatic nitrogens is 1. The van der Waals surface area contributed by atoms with Crippen LogP contribution in [0, 0.1) is 16.6 Å². The highest BCUT2D eigenvalue weighted by atomic mass is 19.1. The third-order valence-corrected chi connectivity index (χ3v) is 5.14. The molecule has 0 bridgehead atoms. The maximum Gasteiger partial charge on any atom is 0.259 e. The Bertz CT molecular complexity index is 1080. The summed E-state index contributed by atoms with van der Waals surface area (Å²) in [7, 11) is 0. The smallest absolute Gasteiger partial charge is 0.259 e. The highest BCUT2D eigenvalue weighted by Crippen LogP contribution is 2.38. The van der Waals surface area contributed by atoms with Crippen molar-refractivity contribution in [3.63, 3.8) is 0 Å². The van der Waals surface area contributed by atoms with Gasteiger partial charge in [-0.15, -0.1) is 0 Å². The molecule has 1 aliphatic heterocycles. The lowest BCUT2D eigenvalue weighted by Gasteiger charge is -2.32. The van der Waals surface area contributed by atoms with Crippen LogP contribution >= 0.6 is 0 Å². The van der Waals surface area contributed by atoms with Crippen LogP contribution in [-0.4, -0.2) is 39.9 Å². The largest absolute Gasteiger partial charge is 0.326 e. The lowest BCUT2D eigenvalue weighted by atomic mass is 9.77. The number of nitrogens with zero attached hydrogens (tertiary/aromatic N) is 2. The Labute approximate surface area is 179 Å². The summed E-state index contributed by atoms with van der Waals surface area (Å²) in [4.78, 5) is 30.4. The van der Waals surface area contributed by atoms with E-state index in [9.17, 15) is 14.0 Å². The molecule has 1 aromatic carbocycles. The molecular formula is C22H25FN6O2. The number of fused-ring (bicyclic) bond motifs is 1. The second-order valence-electron chi connectivity index (χ2n) is 8.33. The first-order valence-corrected chi connectivity index (χ1v) is 9.83. The number of rotatable bonds is 5. The van der Waals surface area contributed by atoms with Gasteiger partial charge in [-0.3, -0.25) is 20.4 Å². The number of pyridine rings is 1. The SMILES string of the molecule is CC(C)N(C=N)C(=N)c1cccc(NC(=O)c2cc3c(cc2F)C(C)(C)CC(=O)N3)n1. The Morgan fingerprint density at radius 2 is 2.06 bits per heavy atom. The van der Waals surface area contributed by atoms with Gasteiger partial charge in [-0.2, -0.15) is 0 Å². The monoisotopic (exact) mass is 424 g/mol. The van der Waals surface area contributed by atoms with E-state index in [-0.39, 0.29) is 41.3 Å². The van der Waals surface area contributed by atoms with E-state index in [0.29, 0.717) is 11.3 Å². The van der Waals surface area contributed by atoms with Gasteiger partial charge in [0.2, 0.25) is 5.91 Å². The van der Waals surface area contributed by atoms with Crippen LogP contribution in [0.25, 0.3) is 0 Å². The minimum absolute atomic E-state index is 0.00556. The fraction of sp³-hybridized carbons (Fsp3) is 0.318. The molecule has 0 saturated heterocycles. The Hall–Kier alpha value is -3.62. The van der Waals surface area contributed by atoms with Gasteiger partial charge in [0.1, 0.15) is 17.3 Å². The molecule has 2 heterocycles. The van der Waals surface area contributed by atoms with Gasteiger partial charge >= 0.3 is 0 Å². The maximum absolute atomic E-state index is 14.8. The molecule has 0 radical (unpaired) electrons. The molecular weight excluding hydrogens is 399 g/mol. The average Bonchev–Trinajstić information content (AvgIpc) is 2.68. The highest BCUT2D eigenvalue weighted by molar-refractivity contribution is 6.06. The highest BCUT2D eigenvalue weighted by Gasteiger charge is 2.33. The number of carbonyl (C=O) groups excluding carboxylic acids is 2. The molecule has 31 heavy (non-hydrogen) atoms. The van der Waals surface area contributed by atoms with Crippen LogP contribution in [0.2, 0.25) is 0 Å². The summed E-state index contributed by atoms with van der Waals surface area (Å²) in [6.45, 7) is 7.37. The van der Waals surface area contributed by atoms with Crippen LogP contribution in [0.5, 0.6) is 0 Å². The molecule has 2 aromatic rings. The molecule has 3 rings (SSSR count). The number of anilines is 2. The third-order valence-electron chi connectivity index (χ3n) is 5.14. The Morgan fingerprint density at radius 1 is 1.35 bits per heavy atom. The van der Waals surface area contributed by atoms with Crippen molar-refractivity contribution in [1.82, 2.24) is 9.88 Å². The summed E-state index contributed by atoms with van der Waals surface area (Å²) >= 11 is 0. The van der Waals surface area contributed by atoms with Crippen molar-refractivity contribution in [3.8, 4) is 0 Å². The summed E-state index contributed by atoms with van der Waals surface area (Å²) in [5.41, 5.74) is 0.545. The van der Waals surface area contributed by atoms with Crippen LogP contribution in [-0.2, 0) is 10.2 Å². The van der Waals surface area contributed by atoms with E-state index < -0.39 is 17.1 Å². The van der Waals surface area contributed by atoms with Crippen LogP contribution in [0.3, 0.4) is 0 Å². The number of hydrogen-bond acceptors (Lipinski definition) is 5. The third kappa shape index (κ3) is 4.45. The molecule has 0 spiro atoms. The number of amides is 2. The first-order valence-electron chi connectivity index (χ1n) is 9.83. The maximum atomic E-state index is 14.8. The molecule has 9 heteroatoms. The van der Waals surface area contributed by atoms with Gasteiger partial charge in [0, 0.05) is 23.6 Å². The molecule has 0 atom stereocenters. The van der Waals surface area contributed by atoms with E-state index in [4.69, 9.17) is 10.8 Å². The number of amidine groups is 1. The molecule has 0 aliphatic carbocycles. The van der Waals surface area contributed by atoms with Gasteiger partial charge in [0.05, 0.1) is 11.9 Å². The van der Waals surface area contributed by atoms with Crippen molar-refractivity contribution in [2.24, 2.45) is 0 Å². The zero-order valence-corrected chi connectivity index (χ0v) is 17.8. The van der Waals surface area contributed by atoms with Crippen molar-refractivity contribution in [2.45, 2.75) is 45.6 Å². The number of halogens is 1. The first-order chi connectivity index (χ1) is 14.5. The van der Waals surface area contributed by atoms with Crippen LogP contribution in [0.1, 0.15) is 55.7 Å². The number of nitrogens with one attached hydrogen (secondary N) is 4. The van der Waals surface area contributed by atoms with Gasteiger partial charge in [0.25, 0.3) is 5.91 Å². The predicted molar refractivity (Wildman–Crippen MR) is 117 cm³/mol. The predicted octanol–water partition coefficient (Wildman–Crippen LogP) is 3.74. The topological polar surface area (TPSA) is 122 Å². The molecule has 1 aromatic heterocycles. The number of benzene rings is 1. The Morgan fingerprint density at radius 3 is 2.71 bits per heavy atom. The van der Waals surface area contributed by atoms with Crippen molar-refractivity contribution >= 4 is 35.5 Å². The lowest BCUT2D eigenvalue weighted by molar-refractivity contribution is -0.117. The second kappa shape index (κ2) is 8.25. The average molecular weight is 424 g/mol. The van der Waals surface area contributed by atoms with Crippen LogP contribution in [0.15, 0.2) is 30.3 Å².